The van der Waals surface area contributed by atoms with Gasteiger partial charge in [-0.05, 0) is 13.0 Å². The van der Waals surface area contributed by atoms with Crippen LogP contribution in [0.2, 0.25) is 0 Å². The number of hydrogen-bond donors (Lipinski definition) is 3. The molecule has 1 amide bonds. The Morgan fingerprint density at radius 3 is 2.80 bits per heavy atom. The highest BCUT2D eigenvalue weighted by Crippen LogP contribution is 2.28. The molecule has 0 fully saturated rings. The predicted octanol–water partition coefficient (Wildman–Crippen LogP) is 0.0765. The summed E-state index contributed by atoms with van der Waals surface area (Å²) in [6.07, 6.45) is -1.13. The normalized spacial score (nSPS) is 11.8. The zero-order valence-corrected chi connectivity index (χ0v) is 10.9. The summed E-state index contributed by atoms with van der Waals surface area (Å²) in [5.41, 5.74) is -0.587. The van der Waals surface area contributed by atoms with E-state index in [1.54, 1.807) is 6.92 Å². The number of ether oxygens (including phenoxy) is 1. The molecule has 0 saturated heterocycles. The molecule has 0 heterocycles. The molecule has 0 saturated carbocycles. The quantitative estimate of drug-likeness (QED) is 0.481. The lowest BCUT2D eigenvalue weighted by Crippen LogP contribution is -2.34. The number of nitro groups is 1. The lowest BCUT2D eigenvalue weighted by molar-refractivity contribution is -0.385. The van der Waals surface area contributed by atoms with Crippen molar-refractivity contribution in [1.82, 2.24) is 5.32 Å². The number of amides is 1. The van der Waals surface area contributed by atoms with Crippen LogP contribution in [0.5, 0.6) is 5.75 Å². The summed E-state index contributed by atoms with van der Waals surface area (Å²) in [6.45, 7) is 1.21. The summed E-state index contributed by atoms with van der Waals surface area (Å²) in [4.78, 5) is 22.3. The Morgan fingerprint density at radius 1 is 1.55 bits per heavy atom. The first-order chi connectivity index (χ1) is 9.51. The van der Waals surface area contributed by atoms with Crippen LogP contribution < -0.4 is 10.1 Å². The molecule has 1 atom stereocenters. The fourth-order valence-electron chi connectivity index (χ4n) is 1.54. The number of aliphatic hydroxyl groups is 2. The zero-order chi connectivity index (χ0) is 15.1. The van der Waals surface area contributed by atoms with Gasteiger partial charge in [0.25, 0.3) is 11.6 Å². The molecule has 1 rings (SSSR count). The van der Waals surface area contributed by atoms with Gasteiger partial charge in [-0.15, -0.1) is 0 Å². The fraction of sp³-hybridized carbons (Fsp3) is 0.417. The van der Waals surface area contributed by atoms with Gasteiger partial charge in [0.2, 0.25) is 0 Å². The molecule has 0 spiro atoms. The van der Waals surface area contributed by atoms with Gasteiger partial charge in [0.1, 0.15) is 5.75 Å². The maximum Gasteiger partial charge on any atom is 0.285 e. The average molecular weight is 284 g/mol. The third kappa shape index (κ3) is 3.90. The lowest BCUT2D eigenvalue weighted by Gasteiger charge is -2.12. The number of rotatable bonds is 7. The topological polar surface area (TPSA) is 122 Å². The second kappa shape index (κ2) is 7.41. The molecule has 110 valence electrons. The predicted molar refractivity (Wildman–Crippen MR) is 69.7 cm³/mol. The monoisotopic (exact) mass is 284 g/mol. The van der Waals surface area contributed by atoms with Crippen molar-refractivity contribution in [3.05, 3.63) is 33.9 Å². The van der Waals surface area contributed by atoms with E-state index in [1.165, 1.54) is 18.2 Å². The summed E-state index contributed by atoms with van der Waals surface area (Å²) in [5.74, 6) is -0.647. The van der Waals surface area contributed by atoms with Crippen LogP contribution in [0.25, 0.3) is 0 Å². The van der Waals surface area contributed by atoms with Crippen molar-refractivity contribution >= 4 is 11.6 Å². The largest absolute Gasteiger partial charge is 0.493 e. The number of aliphatic hydroxyl groups excluding tert-OH is 2. The third-order valence-corrected chi connectivity index (χ3v) is 2.44. The molecule has 1 unspecified atom stereocenters. The van der Waals surface area contributed by atoms with Crippen molar-refractivity contribution in [2.75, 3.05) is 19.8 Å². The van der Waals surface area contributed by atoms with Gasteiger partial charge >= 0.3 is 0 Å². The maximum absolute atomic E-state index is 12.0. The minimum atomic E-state index is -1.13. The van der Waals surface area contributed by atoms with Crippen molar-refractivity contribution in [2.24, 2.45) is 0 Å². The molecular weight excluding hydrogens is 268 g/mol. The van der Waals surface area contributed by atoms with Crippen molar-refractivity contribution in [1.29, 1.82) is 0 Å². The van der Waals surface area contributed by atoms with E-state index in [1.807, 2.05) is 0 Å². The molecule has 20 heavy (non-hydrogen) atoms. The molecular formula is C12H16N2O6. The van der Waals surface area contributed by atoms with E-state index < -0.39 is 23.5 Å². The van der Waals surface area contributed by atoms with Gasteiger partial charge in [0, 0.05) is 12.6 Å². The van der Waals surface area contributed by atoms with E-state index in [9.17, 15) is 20.0 Å². The molecule has 0 aliphatic heterocycles. The van der Waals surface area contributed by atoms with Crippen LogP contribution in [-0.2, 0) is 0 Å². The Morgan fingerprint density at radius 2 is 2.25 bits per heavy atom. The molecule has 3 N–H and O–H groups in total. The summed E-state index contributed by atoms with van der Waals surface area (Å²) < 4.78 is 5.20. The Hall–Kier alpha value is -2.19. The Kier molecular flexibility index (Phi) is 5.88. The minimum absolute atomic E-state index is 0.0951. The molecule has 8 nitrogen and oxygen atoms in total. The van der Waals surface area contributed by atoms with Gasteiger partial charge < -0.3 is 20.3 Å². The zero-order valence-electron chi connectivity index (χ0n) is 10.9. The minimum Gasteiger partial charge on any atom is -0.493 e. The highest BCUT2D eigenvalue weighted by Gasteiger charge is 2.25. The van der Waals surface area contributed by atoms with Gasteiger partial charge in [-0.25, -0.2) is 0 Å². The average Bonchev–Trinajstić information content (AvgIpc) is 2.44. The van der Waals surface area contributed by atoms with Gasteiger partial charge in [-0.3, -0.25) is 14.9 Å². The van der Waals surface area contributed by atoms with Crippen LogP contribution in [0.1, 0.15) is 17.3 Å². The van der Waals surface area contributed by atoms with Crippen LogP contribution in [0.15, 0.2) is 18.2 Å². The molecule has 1 aromatic rings. The van der Waals surface area contributed by atoms with Crippen LogP contribution in [0.3, 0.4) is 0 Å². The number of nitro benzene ring substituents is 1. The summed E-state index contributed by atoms with van der Waals surface area (Å²) in [7, 11) is 0. The van der Waals surface area contributed by atoms with E-state index in [2.05, 4.69) is 5.32 Å². The number of carbonyl (C=O) groups excluding carboxylic acids is 1. The first-order valence-corrected chi connectivity index (χ1v) is 5.98. The first-order valence-electron chi connectivity index (χ1n) is 5.98. The molecule has 0 radical (unpaired) electrons. The van der Waals surface area contributed by atoms with Crippen molar-refractivity contribution < 1.29 is 24.7 Å². The van der Waals surface area contributed by atoms with Crippen molar-refractivity contribution in [2.45, 2.75) is 13.0 Å². The van der Waals surface area contributed by atoms with E-state index in [4.69, 9.17) is 9.84 Å². The molecule has 0 aromatic heterocycles. The van der Waals surface area contributed by atoms with Gasteiger partial charge in [0.05, 0.1) is 24.2 Å². The Bertz CT molecular complexity index is 491. The van der Waals surface area contributed by atoms with Gasteiger partial charge in [0.15, 0.2) is 5.56 Å². The summed E-state index contributed by atoms with van der Waals surface area (Å²) in [5, 5.41) is 31.1. The maximum atomic E-state index is 12.0. The smallest absolute Gasteiger partial charge is 0.285 e. The standard InChI is InChI=1S/C12H16N2O6/c1-2-20-10-5-3-4-9(14(18)19)11(10)12(17)13-6-8(16)7-15/h3-5,8,15-16H,2,6-7H2,1H3,(H,13,17). The van der Waals surface area contributed by atoms with Crippen LogP contribution >= 0.6 is 0 Å². The second-order valence-corrected chi connectivity index (χ2v) is 3.89. The van der Waals surface area contributed by atoms with Crippen molar-refractivity contribution in [3.63, 3.8) is 0 Å². The number of nitrogens with one attached hydrogen (secondary N) is 1. The van der Waals surface area contributed by atoms with E-state index in [0.29, 0.717) is 0 Å². The molecule has 8 heteroatoms. The SMILES string of the molecule is CCOc1cccc([N+](=O)[O-])c1C(=O)NCC(O)CO. The van der Waals surface area contributed by atoms with Crippen LogP contribution in [0.4, 0.5) is 5.69 Å². The van der Waals surface area contributed by atoms with E-state index in [-0.39, 0.29) is 30.2 Å². The number of hydrogen-bond acceptors (Lipinski definition) is 6. The number of nitrogens with zero attached hydrogens (tertiary/aromatic N) is 1. The molecule has 0 aliphatic carbocycles. The van der Waals surface area contributed by atoms with E-state index in [0.717, 1.165) is 0 Å². The van der Waals surface area contributed by atoms with Crippen LogP contribution in [-0.4, -0.2) is 46.9 Å². The van der Waals surface area contributed by atoms with Crippen LogP contribution in [0, 0.1) is 10.1 Å². The summed E-state index contributed by atoms with van der Waals surface area (Å²) in [6, 6.07) is 4.07. The van der Waals surface area contributed by atoms with Gasteiger partial charge in [-0.1, -0.05) is 6.07 Å². The second-order valence-electron chi connectivity index (χ2n) is 3.89. The Balaban J connectivity index is 3.05. The van der Waals surface area contributed by atoms with Gasteiger partial charge in [-0.2, -0.15) is 0 Å². The highest BCUT2D eigenvalue weighted by atomic mass is 16.6. The molecule has 1 aromatic carbocycles. The molecule has 0 aliphatic rings. The highest BCUT2D eigenvalue weighted by molar-refractivity contribution is 6.00. The third-order valence-electron chi connectivity index (χ3n) is 2.44. The first kappa shape index (κ1) is 15.9. The Labute approximate surface area is 115 Å². The summed E-state index contributed by atoms with van der Waals surface area (Å²) >= 11 is 0. The fourth-order valence-corrected chi connectivity index (χ4v) is 1.54. The van der Waals surface area contributed by atoms with Crippen molar-refractivity contribution in [3.8, 4) is 5.75 Å². The number of carbonyl (C=O) groups is 1. The molecule has 0 bridgehead atoms. The number of benzene rings is 1. The van der Waals surface area contributed by atoms with E-state index >= 15 is 0 Å². The lowest BCUT2D eigenvalue weighted by atomic mass is 10.1.